The minimum Gasteiger partial charge on any atom is -0.435 e. The molecular formula is C21H26F2IN5O2. The first-order chi connectivity index (χ1) is 14.5. The van der Waals surface area contributed by atoms with Crippen molar-refractivity contribution >= 4 is 35.6 Å². The van der Waals surface area contributed by atoms with E-state index in [1.807, 2.05) is 41.9 Å². The number of aliphatic hydroxyl groups excluding tert-OH is 1. The van der Waals surface area contributed by atoms with Crippen molar-refractivity contribution in [3.63, 3.8) is 0 Å². The maximum absolute atomic E-state index is 12.2. The zero-order valence-electron chi connectivity index (χ0n) is 17.0. The molecule has 168 valence electrons. The second kappa shape index (κ2) is 12.4. The fourth-order valence-electron chi connectivity index (χ4n) is 2.91. The smallest absolute Gasteiger partial charge is 0.387 e. The lowest BCUT2D eigenvalue weighted by Crippen LogP contribution is -2.38. The fourth-order valence-corrected chi connectivity index (χ4v) is 2.91. The molecule has 0 radical (unpaired) electrons. The summed E-state index contributed by atoms with van der Waals surface area (Å²) >= 11 is 0. The molecule has 0 aliphatic heterocycles. The van der Waals surface area contributed by atoms with Crippen molar-refractivity contribution in [1.82, 2.24) is 20.0 Å². The second-order valence-electron chi connectivity index (χ2n) is 6.56. The number of nitrogens with zero attached hydrogens (tertiary/aromatic N) is 3. The van der Waals surface area contributed by atoms with Crippen molar-refractivity contribution < 1.29 is 18.6 Å². The number of aromatic nitrogens is 2. The van der Waals surface area contributed by atoms with Crippen LogP contribution in [0.2, 0.25) is 0 Å². The van der Waals surface area contributed by atoms with E-state index in [0.29, 0.717) is 24.6 Å². The molecule has 2 aromatic heterocycles. The SMILES string of the molecule is CCNC(=NCC(O)c1ccc(OC(F)F)cc1)NCCc1cn2ccccc2n1.I. The number of benzene rings is 1. The Hall–Kier alpha value is -2.47. The Morgan fingerprint density at radius 1 is 1.19 bits per heavy atom. The van der Waals surface area contributed by atoms with E-state index in [9.17, 15) is 13.9 Å². The molecule has 10 heteroatoms. The van der Waals surface area contributed by atoms with Crippen molar-refractivity contribution in [2.75, 3.05) is 19.6 Å². The lowest BCUT2D eigenvalue weighted by molar-refractivity contribution is -0.0498. The summed E-state index contributed by atoms with van der Waals surface area (Å²) < 4.78 is 30.7. The molecule has 0 aliphatic rings. The Morgan fingerprint density at radius 2 is 1.97 bits per heavy atom. The van der Waals surface area contributed by atoms with Crippen molar-refractivity contribution in [2.45, 2.75) is 26.1 Å². The van der Waals surface area contributed by atoms with Crippen LogP contribution in [0, 0.1) is 0 Å². The number of hydrogen-bond donors (Lipinski definition) is 3. The van der Waals surface area contributed by atoms with Gasteiger partial charge >= 0.3 is 6.61 Å². The normalized spacial score (nSPS) is 12.5. The zero-order valence-corrected chi connectivity index (χ0v) is 19.4. The predicted octanol–water partition coefficient (Wildman–Crippen LogP) is 3.38. The van der Waals surface area contributed by atoms with E-state index in [-0.39, 0.29) is 36.3 Å². The van der Waals surface area contributed by atoms with Crippen LogP contribution in [-0.2, 0) is 6.42 Å². The summed E-state index contributed by atoms with van der Waals surface area (Å²) in [6.07, 6.45) is 3.81. The molecule has 7 nitrogen and oxygen atoms in total. The lowest BCUT2D eigenvalue weighted by Gasteiger charge is -2.13. The predicted molar refractivity (Wildman–Crippen MR) is 126 cm³/mol. The fraction of sp³-hybridized carbons (Fsp3) is 0.333. The number of aliphatic imine (C=N–C) groups is 1. The minimum absolute atomic E-state index is 0. The van der Waals surface area contributed by atoms with Gasteiger partial charge in [0, 0.05) is 31.9 Å². The van der Waals surface area contributed by atoms with E-state index in [1.54, 1.807) is 12.1 Å². The van der Waals surface area contributed by atoms with Crippen molar-refractivity contribution in [3.8, 4) is 5.75 Å². The summed E-state index contributed by atoms with van der Waals surface area (Å²) in [6, 6.07) is 11.7. The number of pyridine rings is 1. The quantitative estimate of drug-likeness (QED) is 0.218. The molecule has 1 atom stereocenters. The molecule has 2 heterocycles. The molecule has 0 saturated heterocycles. The second-order valence-corrected chi connectivity index (χ2v) is 6.56. The summed E-state index contributed by atoms with van der Waals surface area (Å²) in [5.41, 5.74) is 2.44. The van der Waals surface area contributed by atoms with Crippen molar-refractivity contribution in [2.24, 2.45) is 4.99 Å². The lowest BCUT2D eigenvalue weighted by atomic mass is 10.1. The van der Waals surface area contributed by atoms with Crippen LogP contribution >= 0.6 is 24.0 Å². The van der Waals surface area contributed by atoms with E-state index in [0.717, 1.165) is 17.8 Å². The number of ether oxygens (including phenoxy) is 1. The highest BCUT2D eigenvalue weighted by Crippen LogP contribution is 2.19. The molecule has 1 unspecified atom stereocenters. The maximum Gasteiger partial charge on any atom is 0.387 e. The monoisotopic (exact) mass is 545 g/mol. The van der Waals surface area contributed by atoms with Gasteiger partial charge in [-0.05, 0) is 36.8 Å². The first-order valence-corrected chi connectivity index (χ1v) is 9.72. The van der Waals surface area contributed by atoms with E-state index in [4.69, 9.17) is 0 Å². The maximum atomic E-state index is 12.2. The van der Waals surface area contributed by atoms with Gasteiger partial charge in [-0.3, -0.25) is 4.99 Å². The molecule has 3 N–H and O–H groups in total. The molecule has 0 spiro atoms. The van der Waals surface area contributed by atoms with Crippen LogP contribution < -0.4 is 15.4 Å². The number of imidazole rings is 1. The minimum atomic E-state index is -2.88. The first-order valence-electron chi connectivity index (χ1n) is 9.72. The summed E-state index contributed by atoms with van der Waals surface area (Å²) in [5, 5.41) is 16.7. The Morgan fingerprint density at radius 3 is 2.65 bits per heavy atom. The Bertz CT molecular complexity index is 933. The highest BCUT2D eigenvalue weighted by molar-refractivity contribution is 14.0. The summed E-state index contributed by atoms with van der Waals surface area (Å²) in [6.45, 7) is 0.511. The van der Waals surface area contributed by atoms with Crippen LogP contribution in [0.25, 0.3) is 5.65 Å². The van der Waals surface area contributed by atoms with Gasteiger partial charge in [0.15, 0.2) is 5.96 Å². The third-order valence-electron chi connectivity index (χ3n) is 4.34. The molecule has 0 amide bonds. The Kier molecular flexibility index (Phi) is 9.92. The number of alkyl halides is 2. The molecule has 1 aromatic carbocycles. The van der Waals surface area contributed by atoms with Crippen LogP contribution in [-0.4, -0.2) is 46.7 Å². The molecule has 0 aliphatic carbocycles. The Balaban J connectivity index is 0.00000341. The summed E-state index contributed by atoms with van der Waals surface area (Å²) in [5.74, 6) is 0.629. The van der Waals surface area contributed by atoms with Crippen LogP contribution in [0.3, 0.4) is 0 Å². The molecule has 3 aromatic rings. The standard InChI is InChI=1S/C21H25F2N5O2.HI/c1-2-24-21(25-11-10-16-14-28-12-4-3-5-19(28)27-16)26-13-18(29)15-6-8-17(9-7-15)30-20(22)23;/h3-9,12,14,18,20,29H,2,10-11,13H2,1H3,(H2,24,25,26);1H. The van der Waals surface area contributed by atoms with Crippen LogP contribution in [0.4, 0.5) is 8.78 Å². The van der Waals surface area contributed by atoms with Crippen molar-refractivity contribution in [1.29, 1.82) is 0 Å². The van der Waals surface area contributed by atoms with E-state index >= 15 is 0 Å². The van der Waals surface area contributed by atoms with Gasteiger partial charge < -0.3 is 24.9 Å². The van der Waals surface area contributed by atoms with Crippen LogP contribution in [0.1, 0.15) is 24.3 Å². The van der Waals surface area contributed by atoms with E-state index < -0.39 is 12.7 Å². The van der Waals surface area contributed by atoms with Gasteiger partial charge in [-0.2, -0.15) is 8.78 Å². The van der Waals surface area contributed by atoms with Gasteiger partial charge in [0.1, 0.15) is 11.4 Å². The molecule has 0 saturated carbocycles. The van der Waals surface area contributed by atoms with Gasteiger partial charge in [0.25, 0.3) is 0 Å². The number of halogens is 3. The average molecular weight is 545 g/mol. The third kappa shape index (κ3) is 7.62. The molecular weight excluding hydrogens is 519 g/mol. The number of nitrogens with one attached hydrogen (secondary N) is 2. The topological polar surface area (TPSA) is 83.2 Å². The number of guanidine groups is 1. The van der Waals surface area contributed by atoms with Crippen LogP contribution in [0.5, 0.6) is 5.75 Å². The molecule has 0 fully saturated rings. The molecule has 31 heavy (non-hydrogen) atoms. The van der Waals surface area contributed by atoms with Gasteiger partial charge in [-0.25, -0.2) is 4.98 Å². The van der Waals surface area contributed by atoms with Gasteiger partial charge in [0.05, 0.1) is 18.3 Å². The van der Waals surface area contributed by atoms with E-state index in [1.165, 1.54) is 12.1 Å². The number of fused-ring (bicyclic) bond motifs is 1. The third-order valence-corrected chi connectivity index (χ3v) is 4.34. The summed E-state index contributed by atoms with van der Waals surface area (Å²) in [4.78, 5) is 8.96. The first kappa shape index (κ1) is 24.8. The number of rotatable bonds is 9. The highest BCUT2D eigenvalue weighted by Gasteiger charge is 2.10. The number of aliphatic hydroxyl groups is 1. The summed E-state index contributed by atoms with van der Waals surface area (Å²) in [7, 11) is 0. The molecule has 0 bridgehead atoms. The van der Waals surface area contributed by atoms with Crippen molar-refractivity contribution in [3.05, 3.63) is 66.1 Å². The highest BCUT2D eigenvalue weighted by atomic mass is 127. The zero-order chi connectivity index (χ0) is 21.3. The average Bonchev–Trinajstić information content (AvgIpc) is 3.14. The van der Waals surface area contributed by atoms with Gasteiger partial charge in [-0.1, -0.05) is 18.2 Å². The largest absolute Gasteiger partial charge is 0.435 e. The Labute approximate surface area is 196 Å². The van der Waals surface area contributed by atoms with Crippen LogP contribution in [0.15, 0.2) is 59.9 Å². The van der Waals surface area contributed by atoms with Gasteiger partial charge in [0.2, 0.25) is 0 Å². The number of hydrogen-bond acceptors (Lipinski definition) is 4. The van der Waals surface area contributed by atoms with E-state index in [2.05, 4.69) is 25.3 Å². The van der Waals surface area contributed by atoms with Gasteiger partial charge in [-0.15, -0.1) is 24.0 Å². The molecule has 3 rings (SSSR count).